The summed E-state index contributed by atoms with van der Waals surface area (Å²) in [5.74, 6) is -1.22. The Morgan fingerprint density at radius 2 is 2.05 bits per heavy atom. The number of hydrogen-bond acceptors (Lipinski definition) is 3. The van der Waals surface area contributed by atoms with Gasteiger partial charge in [-0.1, -0.05) is 29.8 Å². The fourth-order valence-electron chi connectivity index (χ4n) is 2.35. The summed E-state index contributed by atoms with van der Waals surface area (Å²) < 4.78 is 5.19. The van der Waals surface area contributed by atoms with Crippen molar-refractivity contribution >= 4 is 11.9 Å². The van der Waals surface area contributed by atoms with Gasteiger partial charge in [0.2, 0.25) is 5.91 Å². The molecule has 2 atom stereocenters. The second kappa shape index (κ2) is 5.40. The predicted octanol–water partition coefficient (Wildman–Crippen LogP) is 1.37. The molecule has 1 N–H and O–H groups in total. The molecule has 1 aliphatic rings. The maximum absolute atomic E-state index is 11.9. The fraction of sp³-hybridized carbons (Fsp3) is 0.429. The number of morpholine rings is 1. The van der Waals surface area contributed by atoms with Crippen LogP contribution in [0.3, 0.4) is 0 Å². The molecular weight excluding hydrogens is 246 g/mol. The van der Waals surface area contributed by atoms with Gasteiger partial charge >= 0.3 is 5.97 Å². The SMILES string of the molecule is CCN1C(=O)COC(C(=O)O)C1c1ccc(C)cc1. The van der Waals surface area contributed by atoms with Crippen molar-refractivity contribution in [3.05, 3.63) is 35.4 Å². The lowest BCUT2D eigenvalue weighted by Crippen LogP contribution is -2.51. The predicted molar refractivity (Wildman–Crippen MR) is 68.7 cm³/mol. The second-order valence-corrected chi connectivity index (χ2v) is 4.61. The maximum Gasteiger partial charge on any atom is 0.335 e. The van der Waals surface area contributed by atoms with Crippen molar-refractivity contribution in [3.8, 4) is 0 Å². The van der Waals surface area contributed by atoms with E-state index in [9.17, 15) is 14.7 Å². The van der Waals surface area contributed by atoms with E-state index in [2.05, 4.69) is 0 Å². The number of benzene rings is 1. The van der Waals surface area contributed by atoms with Crippen molar-refractivity contribution < 1.29 is 19.4 Å². The van der Waals surface area contributed by atoms with E-state index in [1.165, 1.54) is 0 Å². The zero-order valence-corrected chi connectivity index (χ0v) is 11.0. The quantitative estimate of drug-likeness (QED) is 0.894. The molecule has 1 heterocycles. The molecule has 0 saturated carbocycles. The molecule has 0 radical (unpaired) electrons. The lowest BCUT2D eigenvalue weighted by molar-refractivity contribution is -0.172. The van der Waals surface area contributed by atoms with Crippen molar-refractivity contribution in [1.82, 2.24) is 4.90 Å². The van der Waals surface area contributed by atoms with Crippen LogP contribution in [-0.2, 0) is 14.3 Å². The molecule has 1 aromatic rings. The topological polar surface area (TPSA) is 66.8 Å². The van der Waals surface area contributed by atoms with Crippen LogP contribution < -0.4 is 0 Å². The highest BCUT2D eigenvalue weighted by molar-refractivity contribution is 5.82. The minimum Gasteiger partial charge on any atom is -0.479 e. The Morgan fingerprint density at radius 3 is 2.58 bits per heavy atom. The van der Waals surface area contributed by atoms with E-state index in [-0.39, 0.29) is 12.5 Å². The zero-order chi connectivity index (χ0) is 14.0. The summed E-state index contributed by atoms with van der Waals surface area (Å²) in [5, 5.41) is 9.26. The number of carboxylic acid groups (broad SMARTS) is 1. The van der Waals surface area contributed by atoms with Crippen molar-refractivity contribution in [1.29, 1.82) is 0 Å². The van der Waals surface area contributed by atoms with Gasteiger partial charge in [0.1, 0.15) is 6.61 Å². The number of aliphatic carboxylic acids is 1. The smallest absolute Gasteiger partial charge is 0.335 e. The number of hydrogen-bond donors (Lipinski definition) is 1. The molecule has 1 saturated heterocycles. The van der Waals surface area contributed by atoms with E-state index in [1.807, 2.05) is 38.1 Å². The summed E-state index contributed by atoms with van der Waals surface area (Å²) in [7, 11) is 0. The highest BCUT2D eigenvalue weighted by Crippen LogP contribution is 2.30. The van der Waals surface area contributed by atoms with Gasteiger partial charge in [-0.3, -0.25) is 4.79 Å². The molecule has 1 aliphatic heterocycles. The average molecular weight is 263 g/mol. The fourth-order valence-corrected chi connectivity index (χ4v) is 2.35. The van der Waals surface area contributed by atoms with E-state index in [4.69, 9.17) is 4.74 Å². The molecule has 1 amide bonds. The van der Waals surface area contributed by atoms with Crippen LogP contribution in [-0.4, -0.2) is 41.1 Å². The van der Waals surface area contributed by atoms with Gasteiger partial charge in [-0.2, -0.15) is 0 Å². The average Bonchev–Trinajstić information content (AvgIpc) is 2.39. The number of ether oxygens (including phenoxy) is 1. The molecule has 0 aromatic heterocycles. The standard InChI is InChI=1S/C14H17NO4/c1-3-15-11(16)8-19-13(14(17)18)12(15)10-6-4-9(2)5-7-10/h4-7,12-13H,3,8H2,1-2H3,(H,17,18). The number of likely N-dealkylation sites (N-methyl/N-ethyl adjacent to an activating group) is 1. The van der Waals surface area contributed by atoms with E-state index < -0.39 is 18.1 Å². The van der Waals surface area contributed by atoms with E-state index >= 15 is 0 Å². The van der Waals surface area contributed by atoms with Crippen LogP contribution >= 0.6 is 0 Å². The molecule has 0 spiro atoms. The van der Waals surface area contributed by atoms with Crippen LogP contribution in [0.25, 0.3) is 0 Å². The third-order valence-electron chi connectivity index (χ3n) is 3.33. The number of aryl methyl sites for hydroxylation is 1. The maximum atomic E-state index is 11.9. The number of carbonyl (C=O) groups excluding carboxylic acids is 1. The Morgan fingerprint density at radius 1 is 1.42 bits per heavy atom. The molecule has 1 aromatic carbocycles. The molecule has 2 rings (SSSR count). The van der Waals surface area contributed by atoms with Gasteiger partial charge < -0.3 is 14.7 Å². The molecule has 102 valence electrons. The van der Waals surface area contributed by atoms with Crippen LogP contribution in [0.5, 0.6) is 0 Å². The molecule has 5 nitrogen and oxygen atoms in total. The van der Waals surface area contributed by atoms with Crippen molar-refractivity contribution in [2.45, 2.75) is 26.0 Å². The van der Waals surface area contributed by atoms with Gasteiger partial charge in [0, 0.05) is 6.54 Å². The minimum atomic E-state index is -1.04. The largest absolute Gasteiger partial charge is 0.479 e. The molecule has 0 bridgehead atoms. The lowest BCUT2D eigenvalue weighted by Gasteiger charge is -2.38. The first-order valence-electron chi connectivity index (χ1n) is 6.25. The van der Waals surface area contributed by atoms with Crippen LogP contribution in [0.4, 0.5) is 0 Å². The minimum absolute atomic E-state index is 0.173. The van der Waals surface area contributed by atoms with Crippen LogP contribution in [0.1, 0.15) is 24.1 Å². The van der Waals surface area contributed by atoms with E-state index in [1.54, 1.807) is 4.90 Å². The molecule has 2 unspecified atom stereocenters. The number of carboxylic acids is 1. The van der Waals surface area contributed by atoms with Crippen molar-refractivity contribution in [2.24, 2.45) is 0 Å². The van der Waals surface area contributed by atoms with E-state index in [0.717, 1.165) is 11.1 Å². The highest BCUT2D eigenvalue weighted by Gasteiger charge is 2.41. The van der Waals surface area contributed by atoms with Crippen molar-refractivity contribution in [2.75, 3.05) is 13.2 Å². The Kier molecular flexibility index (Phi) is 3.85. The Hall–Kier alpha value is -1.88. The van der Waals surface area contributed by atoms with Gasteiger partial charge in [0.05, 0.1) is 6.04 Å². The molecule has 19 heavy (non-hydrogen) atoms. The number of rotatable bonds is 3. The third kappa shape index (κ3) is 2.61. The van der Waals surface area contributed by atoms with Gasteiger partial charge in [-0.25, -0.2) is 4.79 Å². The monoisotopic (exact) mass is 263 g/mol. The zero-order valence-electron chi connectivity index (χ0n) is 11.0. The Bertz CT molecular complexity index is 481. The normalized spacial score (nSPS) is 23.5. The summed E-state index contributed by atoms with van der Waals surface area (Å²) >= 11 is 0. The van der Waals surface area contributed by atoms with Crippen LogP contribution in [0, 0.1) is 6.92 Å². The number of amides is 1. The highest BCUT2D eigenvalue weighted by atomic mass is 16.5. The lowest BCUT2D eigenvalue weighted by atomic mass is 9.97. The molecule has 1 fully saturated rings. The van der Waals surface area contributed by atoms with Crippen LogP contribution in [0.15, 0.2) is 24.3 Å². The molecule has 0 aliphatic carbocycles. The third-order valence-corrected chi connectivity index (χ3v) is 3.33. The number of nitrogens with zero attached hydrogens (tertiary/aromatic N) is 1. The van der Waals surface area contributed by atoms with Gasteiger partial charge in [0.25, 0.3) is 0 Å². The summed E-state index contributed by atoms with van der Waals surface area (Å²) in [4.78, 5) is 24.7. The van der Waals surface area contributed by atoms with E-state index in [0.29, 0.717) is 6.54 Å². The second-order valence-electron chi connectivity index (χ2n) is 4.61. The summed E-state index contributed by atoms with van der Waals surface area (Å²) in [6.07, 6.45) is -1.01. The molecule has 5 heteroatoms. The van der Waals surface area contributed by atoms with Gasteiger partial charge in [-0.15, -0.1) is 0 Å². The summed E-state index contributed by atoms with van der Waals surface area (Å²) in [5.41, 5.74) is 1.87. The Labute approximate surface area is 111 Å². The first-order chi connectivity index (χ1) is 9.04. The first-order valence-corrected chi connectivity index (χ1v) is 6.25. The van der Waals surface area contributed by atoms with Gasteiger partial charge in [-0.05, 0) is 19.4 Å². The molecular formula is C14H17NO4. The van der Waals surface area contributed by atoms with Gasteiger partial charge in [0.15, 0.2) is 6.10 Å². The summed E-state index contributed by atoms with van der Waals surface area (Å²) in [6.45, 7) is 4.08. The first kappa shape index (κ1) is 13.5. The summed E-state index contributed by atoms with van der Waals surface area (Å²) in [6, 6.07) is 6.94. The van der Waals surface area contributed by atoms with Crippen LogP contribution in [0.2, 0.25) is 0 Å². The van der Waals surface area contributed by atoms with Crippen molar-refractivity contribution in [3.63, 3.8) is 0 Å². The number of carbonyl (C=O) groups is 2. The Balaban J connectivity index is 2.40.